The Bertz CT molecular complexity index is 397. The third-order valence-corrected chi connectivity index (χ3v) is 3.78. The van der Waals surface area contributed by atoms with Gasteiger partial charge >= 0.3 is 6.03 Å². The first kappa shape index (κ1) is 12.1. The van der Waals surface area contributed by atoms with Crippen LogP contribution in [0.25, 0.3) is 0 Å². The van der Waals surface area contributed by atoms with Gasteiger partial charge in [0.15, 0.2) is 5.78 Å². The molecule has 2 rings (SSSR count). The van der Waals surface area contributed by atoms with Gasteiger partial charge < -0.3 is 5.73 Å². The molecular weight excluding hydrogens is 238 g/mol. The second kappa shape index (κ2) is 5.29. The Morgan fingerprint density at radius 3 is 2.65 bits per heavy atom. The number of amides is 2. The van der Waals surface area contributed by atoms with Gasteiger partial charge in [0.25, 0.3) is 0 Å². The van der Waals surface area contributed by atoms with Crippen LogP contribution in [0.15, 0.2) is 17.5 Å². The lowest BCUT2D eigenvalue weighted by Crippen LogP contribution is -2.49. The molecule has 5 nitrogen and oxygen atoms in total. The molecular formula is C11H15N3O2S. The highest BCUT2D eigenvalue weighted by Gasteiger charge is 2.26. The van der Waals surface area contributed by atoms with Gasteiger partial charge in [-0.3, -0.25) is 10.2 Å². The zero-order chi connectivity index (χ0) is 12.3. The molecule has 1 fully saturated rings. The Morgan fingerprint density at radius 1 is 1.41 bits per heavy atom. The Morgan fingerprint density at radius 2 is 2.12 bits per heavy atom. The highest BCUT2D eigenvalue weighted by atomic mass is 32.1. The van der Waals surface area contributed by atoms with E-state index >= 15 is 0 Å². The van der Waals surface area contributed by atoms with Gasteiger partial charge in [-0.2, -0.15) is 0 Å². The van der Waals surface area contributed by atoms with Gasteiger partial charge in [-0.05, 0) is 24.3 Å². The first-order chi connectivity index (χ1) is 8.16. The van der Waals surface area contributed by atoms with Crippen LogP contribution in [-0.4, -0.2) is 29.9 Å². The molecule has 0 saturated carbocycles. The number of Topliss-reactive ketones (excluding diaryl/α,β-unsaturated/α-hetero) is 1. The Hall–Kier alpha value is -1.40. The number of hydrogen-bond donors (Lipinski definition) is 2. The van der Waals surface area contributed by atoms with Gasteiger partial charge in [-0.1, -0.05) is 6.07 Å². The van der Waals surface area contributed by atoms with Gasteiger partial charge in [0.05, 0.1) is 4.88 Å². The average Bonchev–Trinajstić information content (AvgIpc) is 2.82. The first-order valence-corrected chi connectivity index (χ1v) is 6.43. The van der Waals surface area contributed by atoms with Crippen LogP contribution in [0.1, 0.15) is 22.5 Å². The van der Waals surface area contributed by atoms with Crippen molar-refractivity contribution in [2.45, 2.75) is 12.8 Å². The van der Waals surface area contributed by atoms with E-state index in [0.29, 0.717) is 13.1 Å². The smallest absolute Gasteiger partial charge is 0.326 e. The molecule has 1 aromatic rings. The van der Waals surface area contributed by atoms with Crippen molar-refractivity contribution in [3.8, 4) is 0 Å². The van der Waals surface area contributed by atoms with Gasteiger partial charge in [0, 0.05) is 19.0 Å². The molecule has 0 spiro atoms. The summed E-state index contributed by atoms with van der Waals surface area (Å²) in [5.41, 5.74) is 7.58. The minimum absolute atomic E-state index is 0.0691. The van der Waals surface area contributed by atoms with E-state index in [1.165, 1.54) is 11.3 Å². The largest absolute Gasteiger partial charge is 0.351 e. The number of nitrogens with two attached hydrogens (primary N) is 1. The molecule has 92 valence electrons. The van der Waals surface area contributed by atoms with Crippen molar-refractivity contribution in [2.75, 3.05) is 13.1 Å². The third kappa shape index (κ3) is 3.04. The molecule has 0 aliphatic carbocycles. The van der Waals surface area contributed by atoms with Crippen LogP contribution >= 0.6 is 11.3 Å². The summed E-state index contributed by atoms with van der Waals surface area (Å²) in [7, 11) is 0. The number of rotatable bonds is 3. The maximum absolute atomic E-state index is 12.1. The van der Waals surface area contributed by atoms with Crippen molar-refractivity contribution >= 4 is 23.2 Å². The van der Waals surface area contributed by atoms with Gasteiger partial charge in [0.2, 0.25) is 0 Å². The van der Waals surface area contributed by atoms with Crippen LogP contribution in [-0.2, 0) is 0 Å². The summed E-state index contributed by atoms with van der Waals surface area (Å²) in [6.45, 7) is 1.34. The van der Waals surface area contributed by atoms with Crippen LogP contribution in [0.2, 0.25) is 0 Å². The molecule has 1 aliphatic heterocycles. The van der Waals surface area contributed by atoms with Gasteiger partial charge in [-0.25, -0.2) is 9.80 Å². The molecule has 1 aliphatic rings. The van der Waals surface area contributed by atoms with E-state index in [0.717, 1.165) is 17.7 Å². The standard InChI is InChI=1S/C11H15N3O2S/c12-11(16)13-14-5-3-8(4-6-14)10(15)9-2-1-7-17-9/h1-2,7-8H,3-6H2,(H3,12,13,16). The Kier molecular flexibility index (Phi) is 3.75. The predicted octanol–water partition coefficient (Wildman–Crippen LogP) is 1.23. The van der Waals surface area contributed by atoms with Crippen molar-refractivity contribution in [3.05, 3.63) is 22.4 Å². The molecule has 1 aromatic heterocycles. The van der Waals surface area contributed by atoms with Crippen LogP contribution < -0.4 is 11.2 Å². The number of nitrogens with one attached hydrogen (secondary N) is 1. The maximum Gasteiger partial charge on any atom is 0.326 e. The lowest BCUT2D eigenvalue weighted by molar-refractivity contribution is 0.0806. The van der Waals surface area contributed by atoms with Gasteiger partial charge in [-0.15, -0.1) is 11.3 Å². The highest BCUT2D eigenvalue weighted by molar-refractivity contribution is 7.12. The molecule has 0 aromatic carbocycles. The van der Waals surface area contributed by atoms with Crippen molar-refractivity contribution in [1.82, 2.24) is 10.4 Å². The van der Waals surface area contributed by atoms with Crippen LogP contribution in [0.5, 0.6) is 0 Å². The number of nitrogens with zero attached hydrogens (tertiary/aromatic N) is 1. The maximum atomic E-state index is 12.1. The van der Waals surface area contributed by atoms with Crippen LogP contribution in [0.3, 0.4) is 0 Å². The number of thiophene rings is 1. The number of piperidine rings is 1. The summed E-state index contributed by atoms with van der Waals surface area (Å²) in [4.78, 5) is 23.6. The second-order valence-electron chi connectivity index (χ2n) is 4.08. The predicted molar refractivity (Wildman–Crippen MR) is 65.7 cm³/mol. The molecule has 1 saturated heterocycles. The first-order valence-electron chi connectivity index (χ1n) is 5.55. The quantitative estimate of drug-likeness (QED) is 0.795. The Labute approximate surface area is 104 Å². The zero-order valence-corrected chi connectivity index (χ0v) is 10.2. The van der Waals surface area contributed by atoms with E-state index in [-0.39, 0.29) is 11.7 Å². The number of carbonyl (C=O) groups is 2. The fourth-order valence-corrected chi connectivity index (χ4v) is 2.77. The van der Waals surface area contributed by atoms with Crippen LogP contribution in [0.4, 0.5) is 4.79 Å². The summed E-state index contributed by atoms with van der Waals surface area (Å²) in [6, 6.07) is 3.20. The molecule has 2 heterocycles. The highest BCUT2D eigenvalue weighted by Crippen LogP contribution is 2.23. The van der Waals surface area contributed by atoms with Crippen molar-refractivity contribution in [1.29, 1.82) is 0 Å². The molecule has 2 amide bonds. The van der Waals surface area contributed by atoms with E-state index in [2.05, 4.69) is 5.43 Å². The third-order valence-electron chi connectivity index (χ3n) is 2.90. The number of hydrazine groups is 1. The van der Waals surface area contributed by atoms with E-state index in [1.54, 1.807) is 5.01 Å². The summed E-state index contributed by atoms with van der Waals surface area (Å²) in [5.74, 6) is 0.290. The molecule has 0 radical (unpaired) electrons. The summed E-state index contributed by atoms with van der Waals surface area (Å²) in [6.07, 6.45) is 1.52. The average molecular weight is 253 g/mol. The molecule has 17 heavy (non-hydrogen) atoms. The fourth-order valence-electron chi connectivity index (χ4n) is 2.03. The van der Waals surface area contributed by atoms with E-state index in [1.807, 2.05) is 17.5 Å². The summed E-state index contributed by atoms with van der Waals surface area (Å²) >= 11 is 1.48. The summed E-state index contributed by atoms with van der Waals surface area (Å²) < 4.78 is 0. The number of hydrogen-bond acceptors (Lipinski definition) is 4. The lowest BCUT2D eigenvalue weighted by Gasteiger charge is -2.30. The van der Waals surface area contributed by atoms with E-state index < -0.39 is 6.03 Å². The molecule has 0 unspecified atom stereocenters. The number of primary amides is 1. The van der Waals surface area contributed by atoms with Crippen molar-refractivity contribution in [2.24, 2.45) is 11.7 Å². The molecule has 6 heteroatoms. The molecule has 0 atom stereocenters. The van der Waals surface area contributed by atoms with Crippen LogP contribution in [0, 0.1) is 5.92 Å². The fraction of sp³-hybridized carbons (Fsp3) is 0.455. The molecule has 3 N–H and O–H groups in total. The Balaban J connectivity index is 1.87. The minimum atomic E-state index is -0.548. The summed E-state index contributed by atoms with van der Waals surface area (Å²) in [5, 5.41) is 3.68. The normalized spacial score (nSPS) is 17.9. The van der Waals surface area contributed by atoms with E-state index in [9.17, 15) is 9.59 Å². The SMILES string of the molecule is NC(=O)NN1CCC(C(=O)c2cccs2)CC1. The van der Waals surface area contributed by atoms with E-state index in [4.69, 9.17) is 5.73 Å². The molecule has 0 bridgehead atoms. The minimum Gasteiger partial charge on any atom is -0.351 e. The monoisotopic (exact) mass is 253 g/mol. The number of carbonyl (C=O) groups excluding carboxylic acids is 2. The number of ketones is 1. The second-order valence-corrected chi connectivity index (χ2v) is 5.03. The zero-order valence-electron chi connectivity index (χ0n) is 9.39. The topological polar surface area (TPSA) is 75.4 Å². The lowest BCUT2D eigenvalue weighted by atomic mass is 9.92. The van der Waals surface area contributed by atoms with Crippen molar-refractivity contribution < 1.29 is 9.59 Å². The van der Waals surface area contributed by atoms with Gasteiger partial charge in [0.1, 0.15) is 0 Å². The van der Waals surface area contributed by atoms with Crippen molar-refractivity contribution in [3.63, 3.8) is 0 Å². The number of urea groups is 1.